The highest BCUT2D eigenvalue weighted by molar-refractivity contribution is 6.06. The lowest BCUT2D eigenvalue weighted by atomic mass is 9.80. The zero-order valence-electron chi connectivity index (χ0n) is 12.4. The van der Waals surface area contributed by atoms with Gasteiger partial charge < -0.3 is 9.88 Å². The number of amides is 1. The van der Waals surface area contributed by atoms with Crippen molar-refractivity contribution in [3.63, 3.8) is 0 Å². The van der Waals surface area contributed by atoms with Gasteiger partial charge in [-0.05, 0) is 48.7 Å². The van der Waals surface area contributed by atoms with Crippen LogP contribution in [0.25, 0.3) is 11.3 Å². The van der Waals surface area contributed by atoms with Crippen LogP contribution in [0, 0.1) is 11.3 Å². The number of hydrogen-bond donors (Lipinski definition) is 1. The number of carbonyl (C=O) groups excluding carboxylic acids is 1. The summed E-state index contributed by atoms with van der Waals surface area (Å²) >= 11 is 0. The lowest BCUT2D eigenvalue weighted by Gasteiger charge is -2.20. The van der Waals surface area contributed by atoms with Gasteiger partial charge in [-0.15, -0.1) is 0 Å². The van der Waals surface area contributed by atoms with Gasteiger partial charge in [0.25, 0.3) is 0 Å². The van der Waals surface area contributed by atoms with E-state index in [-0.39, 0.29) is 5.91 Å². The highest BCUT2D eigenvalue weighted by atomic mass is 16.2. The van der Waals surface area contributed by atoms with Crippen LogP contribution in [0.3, 0.4) is 0 Å². The number of hydrogen-bond acceptors (Lipinski definition) is 2. The maximum absolute atomic E-state index is 12.2. The van der Waals surface area contributed by atoms with Crippen molar-refractivity contribution in [2.75, 3.05) is 5.32 Å². The van der Waals surface area contributed by atoms with Gasteiger partial charge in [-0.1, -0.05) is 13.0 Å². The third-order valence-corrected chi connectivity index (χ3v) is 4.60. The normalized spacial score (nSPS) is 20.0. The van der Waals surface area contributed by atoms with Crippen molar-refractivity contribution >= 4 is 11.6 Å². The lowest BCUT2D eigenvalue weighted by molar-refractivity contribution is -0.120. The Labute approximate surface area is 124 Å². The molecular weight excluding hydrogens is 262 g/mol. The molecule has 0 aliphatic carbocycles. The number of carbonyl (C=O) groups is 1. The summed E-state index contributed by atoms with van der Waals surface area (Å²) < 4.78 is 1.87. The Morgan fingerprint density at radius 1 is 1.33 bits per heavy atom. The minimum atomic E-state index is -0.478. The van der Waals surface area contributed by atoms with Gasteiger partial charge in [0.2, 0.25) is 5.91 Å². The fraction of sp³-hybridized carbons (Fsp3) is 0.294. The molecule has 1 aliphatic rings. The number of nitriles is 1. The van der Waals surface area contributed by atoms with E-state index in [2.05, 4.69) is 17.5 Å². The molecule has 0 radical (unpaired) electrons. The van der Waals surface area contributed by atoms with Crippen LogP contribution < -0.4 is 5.32 Å². The molecule has 4 nitrogen and oxygen atoms in total. The molecule has 0 bridgehead atoms. The number of aromatic nitrogens is 1. The number of nitrogens with one attached hydrogen (secondary N) is 1. The van der Waals surface area contributed by atoms with Gasteiger partial charge in [0.1, 0.15) is 11.8 Å². The summed E-state index contributed by atoms with van der Waals surface area (Å²) in [5, 5.41) is 12.0. The van der Waals surface area contributed by atoms with E-state index in [1.54, 1.807) is 0 Å². The second-order valence-electron chi connectivity index (χ2n) is 5.67. The van der Waals surface area contributed by atoms with E-state index in [9.17, 15) is 4.79 Å². The smallest absolute Gasteiger partial charge is 0.234 e. The first-order valence-electron chi connectivity index (χ1n) is 7.03. The first-order valence-corrected chi connectivity index (χ1v) is 7.03. The van der Waals surface area contributed by atoms with Crippen molar-refractivity contribution in [1.82, 2.24) is 4.57 Å². The second-order valence-corrected chi connectivity index (χ2v) is 5.67. The molecule has 1 aromatic carbocycles. The molecule has 0 saturated heterocycles. The Bertz CT molecular complexity index is 782. The summed E-state index contributed by atoms with van der Waals surface area (Å²) in [7, 11) is 1.88. The molecule has 0 saturated carbocycles. The summed E-state index contributed by atoms with van der Waals surface area (Å²) in [4.78, 5) is 12.2. The molecule has 2 heterocycles. The van der Waals surface area contributed by atoms with Crippen LogP contribution in [0.5, 0.6) is 0 Å². The van der Waals surface area contributed by atoms with Crippen LogP contribution in [0.4, 0.5) is 5.69 Å². The van der Waals surface area contributed by atoms with Crippen molar-refractivity contribution in [2.45, 2.75) is 25.7 Å². The van der Waals surface area contributed by atoms with Gasteiger partial charge in [0, 0.05) is 18.4 Å². The van der Waals surface area contributed by atoms with Crippen LogP contribution in [0.1, 0.15) is 31.5 Å². The number of anilines is 1. The monoisotopic (exact) mass is 279 g/mol. The quantitative estimate of drug-likeness (QED) is 0.917. The van der Waals surface area contributed by atoms with E-state index in [0.29, 0.717) is 5.69 Å². The molecule has 0 fully saturated rings. The number of fused-ring (bicyclic) bond motifs is 1. The second kappa shape index (κ2) is 4.49. The summed E-state index contributed by atoms with van der Waals surface area (Å²) in [5.74, 6) is 0.0572. The van der Waals surface area contributed by atoms with Crippen molar-refractivity contribution in [3.8, 4) is 17.3 Å². The van der Waals surface area contributed by atoms with Gasteiger partial charge in [-0.3, -0.25) is 4.79 Å². The molecule has 1 atom stereocenters. The topological polar surface area (TPSA) is 57.8 Å². The Morgan fingerprint density at radius 2 is 2.10 bits per heavy atom. The fourth-order valence-corrected chi connectivity index (χ4v) is 2.92. The predicted molar refractivity (Wildman–Crippen MR) is 81.8 cm³/mol. The Balaban J connectivity index is 2.15. The van der Waals surface area contributed by atoms with Crippen molar-refractivity contribution in [2.24, 2.45) is 7.05 Å². The van der Waals surface area contributed by atoms with E-state index in [1.807, 2.05) is 49.7 Å². The van der Waals surface area contributed by atoms with E-state index < -0.39 is 5.41 Å². The third kappa shape index (κ3) is 1.78. The van der Waals surface area contributed by atoms with Crippen molar-refractivity contribution in [3.05, 3.63) is 41.6 Å². The van der Waals surface area contributed by atoms with Crippen LogP contribution in [-0.4, -0.2) is 10.5 Å². The Morgan fingerprint density at radius 3 is 2.71 bits per heavy atom. The first kappa shape index (κ1) is 13.4. The Kier molecular flexibility index (Phi) is 2.87. The minimum Gasteiger partial charge on any atom is -0.335 e. The molecule has 0 spiro atoms. The highest BCUT2D eigenvalue weighted by Crippen LogP contribution is 2.41. The van der Waals surface area contributed by atoms with Crippen LogP contribution in [0.15, 0.2) is 30.3 Å². The minimum absolute atomic E-state index is 0.0572. The molecule has 1 aromatic heterocycles. The van der Waals surface area contributed by atoms with Crippen LogP contribution in [-0.2, 0) is 17.3 Å². The molecule has 0 unspecified atom stereocenters. The molecule has 21 heavy (non-hydrogen) atoms. The van der Waals surface area contributed by atoms with E-state index in [0.717, 1.165) is 28.9 Å². The van der Waals surface area contributed by atoms with Gasteiger partial charge in [-0.25, -0.2) is 0 Å². The molecule has 1 aliphatic heterocycles. The molecule has 1 N–H and O–H groups in total. The van der Waals surface area contributed by atoms with Gasteiger partial charge >= 0.3 is 0 Å². The number of nitrogens with zero attached hydrogens (tertiary/aromatic N) is 2. The summed E-state index contributed by atoms with van der Waals surface area (Å²) in [6.45, 7) is 4.00. The molecule has 106 valence electrons. The molecule has 1 amide bonds. The average Bonchev–Trinajstić information content (AvgIpc) is 2.98. The molecule has 4 heteroatoms. The van der Waals surface area contributed by atoms with Crippen molar-refractivity contribution < 1.29 is 4.79 Å². The third-order valence-electron chi connectivity index (χ3n) is 4.60. The first-order chi connectivity index (χ1) is 10.0. The van der Waals surface area contributed by atoms with Gasteiger partial charge in [-0.2, -0.15) is 5.26 Å². The van der Waals surface area contributed by atoms with Gasteiger partial charge in [0.15, 0.2) is 0 Å². The highest BCUT2D eigenvalue weighted by Gasteiger charge is 2.41. The van der Waals surface area contributed by atoms with E-state index in [4.69, 9.17) is 5.26 Å². The molecule has 2 aromatic rings. The standard InChI is InChI=1S/C17H17N3O/c1-4-17(2)13-9-11(5-7-14(13)19-16(17)21)15-8-6-12(10-18)20(15)3/h5-9H,4H2,1-3H3,(H,19,21)/t17-/m1/s1. The SMILES string of the molecule is CC[C@@]1(C)C(=O)Nc2ccc(-c3ccc(C#N)n3C)cc21. The number of benzene rings is 1. The molecule has 3 rings (SSSR count). The van der Waals surface area contributed by atoms with Crippen LogP contribution >= 0.6 is 0 Å². The maximum Gasteiger partial charge on any atom is 0.234 e. The van der Waals surface area contributed by atoms with Crippen molar-refractivity contribution in [1.29, 1.82) is 5.26 Å². The van der Waals surface area contributed by atoms with E-state index >= 15 is 0 Å². The fourth-order valence-electron chi connectivity index (χ4n) is 2.92. The van der Waals surface area contributed by atoms with E-state index in [1.165, 1.54) is 0 Å². The summed E-state index contributed by atoms with van der Waals surface area (Å²) in [5.41, 5.74) is 4.07. The number of rotatable bonds is 2. The molecular formula is C17H17N3O. The van der Waals surface area contributed by atoms with Crippen LogP contribution in [0.2, 0.25) is 0 Å². The largest absolute Gasteiger partial charge is 0.335 e. The lowest BCUT2D eigenvalue weighted by Crippen LogP contribution is -2.29. The predicted octanol–water partition coefficient (Wildman–Crippen LogP) is 3.18. The average molecular weight is 279 g/mol. The summed E-state index contributed by atoms with van der Waals surface area (Å²) in [6.07, 6.45) is 0.756. The Hall–Kier alpha value is -2.54. The van der Waals surface area contributed by atoms with Gasteiger partial charge in [0.05, 0.1) is 5.41 Å². The zero-order valence-corrected chi connectivity index (χ0v) is 12.4. The zero-order chi connectivity index (χ0) is 15.2. The maximum atomic E-state index is 12.2. The summed E-state index contributed by atoms with van der Waals surface area (Å²) in [6, 6.07) is 11.9.